The largest absolute Gasteiger partial charge is 0.457 e. The van der Waals surface area contributed by atoms with Crippen molar-refractivity contribution in [1.82, 2.24) is 0 Å². The SMILES string of the molecule is Brc1ccc2c(c1)C1(c3ccccc3Oc3ccccc31)c1cc(Br)c3ccccc3c1-2.c1ccc2c(c1)Oc1ccccc1C21c2ccccc2-c2c1ccc1ccccc21. The van der Waals surface area contributed by atoms with Crippen LogP contribution in [-0.4, -0.2) is 0 Å². The zero-order chi connectivity index (χ0) is 41.2. The number of halogens is 2. The molecule has 14 rings (SSSR count). The van der Waals surface area contributed by atoms with Crippen molar-refractivity contribution in [2.45, 2.75) is 10.8 Å². The van der Waals surface area contributed by atoms with Gasteiger partial charge in [-0.05, 0) is 109 Å². The van der Waals surface area contributed by atoms with Crippen LogP contribution >= 0.6 is 31.9 Å². The van der Waals surface area contributed by atoms with E-state index in [4.69, 9.17) is 9.47 Å². The maximum atomic E-state index is 6.42. The van der Waals surface area contributed by atoms with Gasteiger partial charge in [-0.15, -0.1) is 0 Å². The van der Waals surface area contributed by atoms with E-state index in [-0.39, 0.29) is 5.41 Å². The predicted molar refractivity (Wildman–Crippen MR) is 258 cm³/mol. The van der Waals surface area contributed by atoms with Gasteiger partial charge in [0.15, 0.2) is 0 Å². The van der Waals surface area contributed by atoms with Crippen molar-refractivity contribution in [1.29, 1.82) is 0 Å². The zero-order valence-electron chi connectivity index (χ0n) is 33.2. The first kappa shape index (κ1) is 36.0. The molecule has 0 aromatic heterocycles. The first-order valence-corrected chi connectivity index (χ1v) is 22.5. The monoisotopic (exact) mass is 920 g/mol. The molecular formula is C58H34Br2O2. The lowest BCUT2D eigenvalue weighted by Gasteiger charge is -2.39. The molecule has 4 heteroatoms. The van der Waals surface area contributed by atoms with E-state index in [1.54, 1.807) is 0 Å². The summed E-state index contributed by atoms with van der Waals surface area (Å²) in [6, 6.07) is 73.8. The summed E-state index contributed by atoms with van der Waals surface area (Å²) in [4.78, 5) is 0. The van der Waals surface area contributed by atoms with E-state index in [1.165, 1.54) is 88.3 Å². The van der Waals surface area contributed by atoms with Crippen molar-refractivity contribution in [2.24, 2.45) is 0 Å². The maximum Gasteiger partial charge on any atom is 0.132 e. The molecule has 0 fully saturated rings. The lowest BCUT2D eigenvalue weighted by molar-refractivity contribution is 0.436. The van der Waals surface area contributed by atoms with Gasteiger partial charge in [0.25, 0.3) is 0 Å². The highest BCUT2D eigenvalue weighted by atomic mass is 79.9. The van der Waals surface area contributed by atoms with Crippen molar-refractivity contribution in [3.8, 4) is 45.3 Å². The normalized spacial score (nSPS) is 14.5. The first-order valence-electron chi connectivity index (χ1n) is 21.0. The van der Waals surface area contributed by atoms with Crippen molar-refractivity contribution in [3.05, 3.63) is 260 Å². The number of rotatable bonds is 0. The van der Waals surface area contributed by atoms with Gasteiger partial charge in [-0.2, -0.15) is 0 Å². The van der Waals surface area contributed by atoms with Gasteiger partial charge in [0.1, 0.15) is 23.0 Å². The van der Waals surface area contributed by atoms with E-state index in [0.717, 1.165) is 31.9 Å². The van der Waals surface area contributed by atoms with Crippen molar-refractivity contribution in [2.75, 3.05) is 0 Å². The summed E-state index contributed by atoms with van der Waals surface area (Å²) in [5.41, 5.74) is 14.4. The summed E-state index contributed by atoms with van der Waals surface area (Å²) in [5, 5.41) is 5.07. The van der Waals surface area contributed by atoms with E-state index >= 15 is 0 Å². The Morgan fingerprint density at radius 1 is 0.306 bits per heavy atom. The van der Waals surface area contributed by atoms with E-state index in [1.807, 2.05) is 0 Å². The molecule has 0 unspecified atom stereocenters. The average molecular weight is 923 g/mol. The summed E-state index contributed by atoms with van der Waals surface area (Å²) in [7, 11) is 0. The Labute approximate surface area is 376 Å². The van der Waals surface area contributed by atoms with Gasteiger partial charge in [0.05, 0.1) is 10.8 Å². The highest BCUT2D eigenvalue weighted by Gasteiger charge is 2.53. The van der Waals surface area contributed by atoms with Gasteiger partial charge < -0.3 is 9.47 Å². The Kier molecular flexibility index (Phi) is 7.77. The molecule has 2 aliphatic carbocycles. The number of benzene rings is 10. The molecule has 62 heavy (non-hydrogen) atoms. The van der Waals surface area contributed by atoms with Gasteiger partial charge >= 0.3 is 0 Å². The Bertz CT molecular complexity index is 3440. The average Bonchev–Trinajstić information content (AvgIpc) is 3.77. The Morgan fingerprint density at radius 2 is 0.758 bits per heavy atom. The molecule has 10 aromatic carbocycles. The first-order chi connectivity index (χ1) is 30.6. The number of ether oxygens (including phenoxy) is 2. The minimum Gasteiger partial charge on any atom is -0.457 e. The van der Waals surface area contributed by atoms with Crippen molar-refractivity contribution >= 4 is 53.4 Å². The lowest BCUT2D eigenvalue weighted by atomic mass is 9.66. The zero-order valence-corrected chi connectivity index (χ0v) is 36.4. The Morgan fingerprint density at radius 3 is 1.37 bits per heavy atom. The lowest BCUT2D eigenvalue weighted by Crippen LogP contribution is -2.32. The number of para-hydroxylation sites is 4. The molecule has 2 aliphatic heterocycles. The molecule has 2 spiro atoms. The summed E-state index contributed by atoms with van der Waals surface area (Å²) in [6.45, 7) is 0. The van der Waals surface area contributed by atoms with E-state index < -0.39 is 5.41 Å². The fourth-order valence-electron chi connectivity index (χ4n) is 11.3. The highest BCUT2D eigenvalue weighted by Crippen LogP contribution is 2.65. The third-order valence-electron chi connectivity index (χ3n) is 13.6. The summed E-state index contributed by atoms with van der Waals surface area (Å²) >= 11 is 7.66. The number of fused-ring (bicyclic) bond motifs is 22. The minimum absolute atomic E-state index is 0.374. The fraction of sp³-hybridized carbons (Fsp3) is 0.0345. The molecule has 0 saturated heterocycles. The van der Waals surface area contributed by atoms with E-state index in [0.29, 0.717) is 0 Å². The summed E-state index contributed by atoms with van der Waals surface area (Å²) in [5.74, 6) is 3.70. The fourth-order valence-corrected chi connectivity index (χ4v) is 12.2. The molecule has 4 aliphatic rings. The predicted octanol–water partition coefficient (Wildman–Crippen LogP) is 16.1. The van der Waals surface area contributed by atoms with Gasteiger partial charge in [0, 0.05) is 31.2 Å². The second-order valence-electron chi connectivity index (χ2n) is 16.5. The van der Waals surface area contributed by atoms with Gasteiger partial charge in [0.2, 0.25) is 0 Å². The van der Waals surface area contributed by atoms with Crippen LogP contribution < -0.4 is 9.47 Å². The molecule has 2 heterocycles. The van der Waals surface area contributed by atoms with Crippen LogP contribution in [0.25, 0.3) is 43.8 Å². The van der Waals surface area contributed by atoms with Crippen LogP contribution in [0.3, 0.4) is 0 Å². The standard InChI is InChI=1S/C29H16Br2O.C29H18O/c30-17-13-14-20-23(15-17)29(24-16-25(31)18-7-1-2-8-19(18)28(20)24)21-9-3-5-11-26(21)32-27-12-6-4-10-22(27)29;1-2-10-20-19(9-1)17-18-25-28(20)21-11-3-4-12-22(21)29(25)23-13-5-7-15-26(23)30-27-16-8-6-14-24(27)29/h1-16H;1-18H. The molecule has 0 radical (unpaired) electrons. The highest BCUT2D eigenvalue weighted by molar-refractivity contribution is 9.11. The van der Waals surface area contributed by atoms with Crippen LogP contribution in [0.4, 0.5) is 0 Å². The third-order valence-corrected chi connectivity index (χ3v) is 14.7. The number of hydrogen-bond acceptors (Lipinski definition) is 2. The van der Waals surface area contributed by atoms with Crippen LogP contribution in [0.15, 0.2) is 215 Å². The van der Waals surface area contributed by atoms with Crippen LogP contribution in [0, 0.1) is 0 Å². The van der Waals surface area contributed by atoms with Crippen LogP contribution in [0.5, 0.6) is 23.0 Å². The van der Waals surface area contributed by atoms with Crippen LogP contribution in [0.2, 0.25) is 0 Å². The van der Waals surface area contributed by atoms with E-state index in [2.05, 4.69) is 238 Å². The molecule has 0 atom stereocenters. The Hall–Kier alpha value is -6.72. The van der Waals surface area contributed by atoms with Crippen LogP contribution in [0.1, 0.15) is 44.5 Å². The quantitative estimate of drug-likeness (QED) is 0.151. The number of hydrogen-bond donors (Lipinski definition) is 0. The van der Waals surface area contributed by atoms with E-state index in [9.17, 15) is 0 Å². The smallest absolute Gasteiger partial charge is 0.132 e. The maximum absolute atomic E-state index is 6.42. The molecule has 0 N–H and O–H groups in total. The molecule has 292 valence electrons. The van der Waals surface area contributed by atoms with Gasteiger partial charge in [-0.25, -0.2) is 0 Å². The minimum atomic E-state index is -0.452. The van der Waals surface area contributed by atoms with Crippen molar-refractivity contribution in [3.63, 3.8) is 0 Å². The molecule has 0 saturated carbocycles. The molecular weight excluding hydrogens is 888 g/mol. The summed E-state index contributed by atoms with van der Waals surface area (Å²) < 4.78 is 15.0. The molecule has 10 aromatic rings. The molecule has 0 bridgehead atoms. The summed E-state index contributed by atoms with van der Waals surface area (Å²) in [6.07, 6.45) is 0. The third kappa shape index (κ3) is 4.69. The second-order valence-corrected chi connectivity index (χ2v) is 18.2. The van der Waals surface area contributed by atoms with Gasteiger partial charge in [-0.3, -0.25) is 0 Å². The topological polar surface area (TPSA) is 18.5 Å². The molecule has 2 nitrogen and oxygen atoms in total. The molecule has 0 amide bonds. The van der Waals surface area contributed by atoms with Crippen LogP contribution in [-0.2, 0) is 10.8 Å². The Balaban J connectivity index is 0.000000126. The van der Waals surface area contributed by atoms with Crippen molar-refractivity contribution < 1.29 is 9.47 Å². The van der Waals surface area contributed by atoms with Gasteiger partial charge in [-0.1, -0.05) is 196 Å². The second kappa shape index (κ2) is 13.4.